The van der Waals surface area contributed by atoms with Crippen molar-refractivity contribution in [2.24, 2.45) is 0 Å². The van der Waals surface area contributed by atoms with Crippen LogP contribution in [-0.4, -0.2) is 44.2 Å². The van der Waals surface area contributed by atoms with E-state index in [0.29, 0.717) is 24.5 Å². The minimum absolute atomic E-state index is 0.0750. The molecule has 1 N–H and O–H groups in total. The molecule has 3 rings (SSSR count). The third-order valence-corrected chi connectivity index (χ3v) is 4.84. The van der Waals surface area contributed by atoms with Crippen LogP contribution in [-0.2, 0) is 16.0 Å². The number of hydrogen-bond donors (Lipinski definition) is 1. The zero-order chi connectivity index (χ0) is 14.7. The molecular weight excluding hydrogens is 308 g/mol. The summed E-state index contributed by atoms with van der Waals surface area (Å²) >= 11 is 2.93. The second-order valence-corrected chi connectivity index (χ2v) is 6.63. The van der Waals surface area contributed by atoms with Crippen molar-refractivity contribution in [2.45, 2.75) is 24.4 Å². The minimum atomic E-state index is -0.160. The topological polar surface area (TPSA) is 79.0 Å². The molecule has 2 aromatic rings. The number of thioether (sulfide) groups is 1. The Balaban J connectivity index is 1.52. The second kappa shape index (κ2) is 6.40. The van der Waals surface area contributed by atoms with E-state index in [0.717, 1.165) is 12.2 Å². The minimum Gasteiger partial charge on any atom is -0.282 e. The Morgan fingerprint density at radius 1 is 1.52 bits per heavy atom. The molecule has 21 heavy (non-hydrogen) atoms. The first-order chi connectivity index (χ1) is 10.2. The SMILES string of the molecule is O=C1CCCN1C(=O)CSc1n[nH]c(Cc2cccs2)n1. The van der Waals surface area contributed by atoms with E-state index >= 15 is 0 Å². The van der Waals surface area contributed by atoms with E-state index in [1.165, 1.54) is 21.5 Å². The Labute approximate surface area is 130 Å². The lowest BCUT2D eigenvalue weighted by molar-refractivity contribution is -0.140. The van der Waals surface area contributed by atoms with Gasteiger partial charge in [0.1, 0.15) is 5.82 Å². The van der Waals surface area contributed by atoms with Gasteiger partial charge in [0.2, 0.25) is 17.0 Å². The lowest BCUT2D eigenvalue weighted by Gasteiger charge is -2.11. The molecular formula is C13H14N4O2S2. The van der Waals surface area contributed by atoms with Crippen LogP contribution in [0.3, 0.4) is 0 Å². The molecule has 0 saturated carbocycles. The zero-order valence-electron chi connectivity index (χ0n) is 11.2. The predicted molar refractivity (Wildman–Crippen MR) is 80.2 cm³/mol. The molecule has 2 aromatic heterocycles. The highest BCUT2D eigenvalue weighted by Crippen LogP contribution is 2.18. The number of thiophene rings is 1. The van der Waals surface area contributed by atoms with Crippen molar-refractivity contribution >= 4 is 34.9 Å². The van der Waals surface area contributed by atoms with Crippen molar-refractivity contribution in [3.8, 4) is 0 Å². The predicted octanol–water partition coefficient (Wildman–Crippen LogP) is 1.70. The van der Waals surface area contributed by atoms with Crippen molar-refractivity contribution in [3.05, 3.63) is 28.2 Å². The molecule has 8 heteroatoms. The summed E-state index contributed by atoms with van der Waals surface area (Å²) in [5.74, 6) is 0.743. The van der Waals surface area contributed by atoms with Crippen LogP contribution in [0.15, 0.2) is 22.7 Å². The molecule has 2 amide bonds. The number of H-pyrrole nitrogens is 1. The number of nitrogens with zero attached hydrogens (tertiary/aromatic N) is 3. The maximum Gasteiger partial charge on any atom is 0.239 e. The van der Waals surface area contributed by atoms with Crippen LogP contribution >= 0.6 is 23.1 Å². The summed E-state index contributed by atoms with van der Waals surface area (Å²) < 4.78 is 0. The largest absolute Gasteiger partial charge is 0.282 e. The van der Waals surface area contributed by atoms with Gasteiger partial charge in [-0.3, -0.25) is 19.6 Å². The Kier molecular flexibility index (Phi) is 4.35. The first kappa shape index (κ1) is 14.3. The van der Waals surface area contributed by atoms with Gasteiger partial charge in [-0.2, -0.15) is 0 Å². The van der Waals surface area contributed by atoms with E-state index in [4.69, 9.17) is 0 Å². The van der Waals surface area contributed by atoms with Gasteiger partial charge < -0.3 is 0 Å². The number of nitrogens with one attached hydrogen (secondary N) is 1. The molecule has 1 fully saturated rings. The van der Waals surface area contributed by atoms with E-state index in [1.54, 1.807) is 11.3 Å². The van der Waals surface area contributed by atoms with Crippen molar-refractivity contribution < 1.29 is 9.59 Å². The average molecular weight is 322 g/mol. The van der Waals surface area contributed by atoms with Gasteiger partial charge >= 0.3 is 0 Å². The van der Waals surface area contributed by atoms with E-state index in [1.807, 2.05) is 17.5 Å². The summed E-state index contributed by atoms with van der Waals surface area (Å²) in [4.78, 5) is 30.3. The van der Waals surface area contributed by atoms with Crippen molar-refractivity contribution in [1.29, 1.82) is 0 Å². The standard InChI is InChI=1S/C13H14N4O2S2/c18-11-4-1-5-17(11)12(19)8-21-13-14-10(15-16-13)7-9-3-2-6-20-9/h2-3,6H,1,4-5,7-8H2,(H,14,15,16). The fraction of sp³-hybridized carbons (Fsp3) is 0.385. The van der Waals surface area contributed by atoms with Crippen LogP contribution in [0.2, 0.25) is 0 Å². The van der Waals surface area contributed by atoms with Gasteiger partial charge in [0, 0.05) is 24.3 Å². The number of aromatic nitrogens is 3. The number of rotatable bonds is 5. The number of likely N-dealkylation sites (tertiary alicyclic amines) is 1. The number of carbonyl (C=O) groups is 2. The Bertz CT molecular complexity index is 638. The fourth-order valence-corrected chi connectivity index (χ4v) is 3.52. The molecule has 1 aliphatic heterocycles. The summed E-state index contributed by atoms with van der Waals surface area (Å²) in [5.41, 5.74) is 0. The fourth-order valence-electron chi connectivity index (χ4n) is 2.12. The number of amides is 2. The van der Waals surface area contributed by atoms with Crippen LogP contribution in [0.25, 0.3) is 0 Å². The first-order valence-corrected chi connectivity index (χ1v) is 8.48. The van der Waals surface area contributed by atoms with Crippen LogP contribution < -0.4 is 0 Å². The number of carbonyl (C=O) groups excluding carboxylic acids is 2. The summed E-state index contributed by atoms with van der Waals surface area (Å²) in [6.07, 6.45) is 1.95. The summed E-state index contributed by atoms with van der Waals surface area (Å²) in [6.45, 7) is 0.538. The molecule has 0 atom stereocenters. The number of imide groups is 1. The molecule has 1 aliphatic rings. The molecule has 0 radical (unpaired) electrons. The molecule has 0 aliphatic carbocycles. The quantitative estimate of drug-likeness (QED) is 0.848. The smallest absolute Gasteiger partial charge is 0.239 e. The highest BCUT2D eigenvalue weighted by Gasteiger charge is 2.26. The van der Waals surface area contributed by atoms with E-state index in [-0.39, 0.29) is 17.6 Å². The van der Waals surface area contributed by atoms with Gasteiger partial charge in [-0.1, -0.05) is 17.8 Å². The van der Waals surface area contributed by atoms with E-state index < -0.39 is 0 Å². The van der Waals surface area contributed by atoms with Gasteiger partial charge in [0.05, 0.1) is 5.75 Å². The molecule has 0 aromatic carbocycles. The molecule has 0 bridgehead atoms. The van der Waals surface area contributed by atoms with Gasteiger partial charge in [0.25, 0.3) is 0 Å². The lowest BCUT2D eigenvalue weighted by Crippen LogP contribution is -2.33. The Morgan fingerprint density at radius 2 is 2.43 bits per heavy atom. The van der Waals surface area contributed by atoms with Gasteiger partial charge in [-0.15, -0.1) is 16.4 Å². The van der Waals surface area contributed by atoms with Crippen LogP contribution in [0.5, 0.6) is 0 Å². The maximum absolute atomic E-state index is 11.9. The highest BCUT2D eigenvalue weighted by atomic mass is 32.2. The second-order valence-electron chi connectivity index (χ2n) is 4.65. The monoisotopic (exact) mass is 322 g/mol. The third kappa shape index (κ3) is 3.51. The van der Waals surface area contributed by atoms with Crippen LogP contribution in [0, 0.1) is 0 Å². The van der Waals surface area contributed by atoms with Crippen molar-refractivity contribution in [2.75, 3.05) is 12.3 Å². The number of hydrogen-bond acceptors (Lipinski definition) is 6. The van der Waals surface area contributed by atoms with Crippen LogP contribution in [0.1, 0.15) is 23.5 Å². The van der Waals surface area contributed by atoms with Crippen LogP contribution in [0.4, 0.5) is 0 Å². The van der Waals surface area contributed by atoms with Gasteiger partial charge in [-0.05, 0) is 17.9 Å². The first-order valence-electron chi connectivity index (χ1n) is 6.62. The lowest BCUT2D eigenvalue weighted by atomic mass is 10.3. The Hall–Kier alpha value is -1.67. The van der Waals surface area contributed by atoms with Gasteiger partial charge in [-0.25, -0.2) is 4.98 Å². The summed E-state index contributed by atoms with van der Waals surface area (Å²) in [7, 11) is 0. The molecule has 1 saturated heterocycles. The Morgan fingerprint density at radius 3 is 3.14 bits per heavy atom. The number of aromatic amines is 1. The normalized spacial score (nSPS) is 14.9. The average Bonchev–Trinajstić information content (AvgIpc) is 3.19. The van der Waals surface area contributed by atoms with E-state index in [2.05, 4.69) is 15.2 Å². The summed E-state index contributed by atoms with van der Waals surface area (Å²) in [5, 5.41) is 9.53. The van der Waals surface area contributed by atoms with Gasteiger partial charge in [0.15, 0.2) is 0 Å². The van der Waals surface area contributed by atoms with E-state index in [9.17, 15) is 9.59 Å². The molecule has 6 nitrogen and oxygen atoms in total. The maximum atomic E-state index is 11.9. The third-order valence-electron chi connectivity index (χ3n) is 3.13. The van der Waals surface area contributed by atoms with Crippen molar-refractivity contribution in [3.63, 3.8) is 0 Å². The summed E-state index contributed by atoms with van der Waals surface area (Å²) in [6, 6.07) is 4.04. The zero-order valence-corrected chi connectivity index (χ0v) is 12.9. The molecule has 3 heterocycles. The molecule has 0 unspecified atom stereocenters. The molecule has 110 valence electrons. The molecule has 0 spiro atoms. The highest BCUT2D eigenvalue weighted by molar-refractivity contribution is 7.99. The van der Waals surface area contributed by atoms with Crippen molar-refractivity contribution in [1.82, 2.24) is 20.1 Å².